The highest BCUT2D eigenvalue weighted by Crippen LogP contribution is 2.52. The molecule has 3 aromatic heterocycles. The lowest BCUT2D eigenvalue weighted by Crippen LogP contribution is -2.42. The number of aryl methyl sites for hydroxylation is 3. The van der Waals surface area contributed by atoms with Crippen molar-refractivity contribution in [2.75, 3.05) is 86.3 Å². The van der Waals surface area contributed by atoms with E-state index >= 15 is 0 Å². The first kappa shape index (κ1) is 52.1. The predicted octanol–water partition coefficient (Wildman–Crippen LogP) is 4.66. The number of aliphatic carboxylic acids is 1. The Balaban J connectivity index is 1.46. The number of carbonyl (C=O) groups excluding carboxylic acids is 3. The van der Waals surface area contributed by atoms with Crippen molar-refractivity contribution in [1.82, 2.24) is 30.6 Å². The number of carboxylic acid groups (broad SMARTS) is 1. The van der Waals surface area contributed by atoms with Crippen LogP contribution >= 0.6 is 0 Å². The van der Waals surface area contributed by atoms with Gasteiger partial charge >= 0.3 is 11.9 Å². The maximum atomic E-state index is 13.8. The van der Waals surface area contributed by atoms with Gasteiger partial charge in [0, 0.05) is 53.6 Å². The number of aliphatic hydroxyl groups excluding tert-OH is 2. The van der Waals surface area contributed by atoms with Gasteiger partial charge in [-0.1, -0.05) is 24.8 Å². The predicted molar refractivity (Wildman–Crippen MR) is 261 cm³/mol. The lowest BCUT2D eigenvalue weighted by atomic mass is 9.64. The van der Waals surface area contributed by atoms with Gasteiger partial charge in [0.05, 0.1) is 107 Å². The number of H-pyrrole nitrogens is 2. The van der Waals surface area contributed by atoms with E-state index in [0.29, 0.717) is 91.8 Å². The van der Waals surface area contributed by atoms with E-state index < -0.39 is 23.3 Å². The number of methoxy groups -OCH3 is 1. The third-order valence-corrected chi connectivity index (χ3v) is 12.7. The van der Waals surface area contributed by atoms with E-state index in [4.69, 9.17) is 43.9 Å². The summed E-state index contributed by atoms with van der Waals surface area (Å²) in [7, 11) is 1.23. The number of ether oxygens (including phenoxy) is 5. The Kier molecular flexibility index (Phi) is 18.4. The number of carboxylic acids is 1. The number of nitrogens with zero attached hydrogens (tertiary/aromatic N) is 2. The number of amides is 2. The fourth-order valence-corrected chi connectivity index (χ4v) is 8.97. The topological polar surface area (TPSA) is 257 Å². The molecule has 370 valence electrons. The molecular weight excluding hydrogens is 889 g/mol. The number of fused-ring (bicyclic) bond motifs is 11. The summed E-state index contributed by atoms with van der Waals surface area (Å²) >= 11 is 0. The molecule has 7 N–H and O–H groups in total. The Morgan fingerprint density at radius 2 is 1.29 bits per heavy atom. The molecule has 18 heteroatoms. The van der Waals surface area contributed by atoms with Crippen LogP contribution in [0.4, 0.5) is 0 Å². The molecule has 8 bridgehead atoms. The van der Waals surface area contributed by atoms with E-state index in [9.17, 15) is 24.3 Å². The van der Waals surface area contributed by atoms with Gasteiger partial charge in [0.1, 0.15) is 5.92 Å². The minimum atomic E-state index is -1.28. The highest BCUT2D eigenvalue weighted by molar-refractivity contribution is 6.01. The van der Waals surface area contributed by atoms with Crippen molar-refractivity contribution in [3.8, 4) is 0 Å². The van der Waals surface area contributed by atoms with Crippen LogP contribution in [0.5, 0.6) is 0 Å². The van der Waals surface area contributed by atoms with Gasteiger partial charge in [-0.25, -0.2) is 9.78 Å². The second-order valence-corrected chi connectivity index (χ2v) is 17.0. The van der Waals surface area contributed by atoms with Crippen LogP contribution < -0.4 is 10.6 Å². The number of allylic oxidation sites excluding steroid dienone is 5. The van der Waals surface area contributed by atoms with E-state index in [0.717, 1.165) is 44.4 Å². The Labute approximate surface area is 400 Å². The van der Waals surface area contributed by atoms with Crippen LogP contribution in [-0.4, -0.2) is 145 Å². The van der Waals surface area contributed by atoms with Gasteiger partial charge in [0.2, 0.25) is 11.8 Å². The number of hydrogen-bond acceptors (Lipinski definition) is 13. The molecule has 0 fully saturated rings. The molecule has 0 saturated heterocycles. The van der Waals surface area contributed by atoms with Crippen molar-refractivity contribution >= 4 is 68.6 Å². The summed E-state index contributed by atoms with van der Waals surface area (Å²) in [5.41, 5.74) is 9.30. The fourth-order valence-electron chi connectivity index (χ4n) is 8.97. The highest BCUT2D eigenvalue weighted by atomic mass is 16.5. The van der Waals surface area contributed by atoms with Crippen LogP contribution in [0.2, 0.25) is 0 Å². The number of hydrogen-bond donors (Lipinski definition) is 7. The molecule has 2 atom stereocenters. The summed E-state index contributed by atoms with van der Waals surface area (Å²) in [6.07, 6.45) is 5.89. The van der Waals surface area contributed by atoms with Crippen molar-refractivity contribution < 1.29 is 58.2 Å². The summed E-state index contributed by atoms with van der Waals surface area (Å²) in [6.45, 7) is 14.6. The number of nitrogens with one attached hydrogen (secondary N) is 4. The summed E-state index contributed by atoms with van der Waals surface area (Å²) in [6, 6.07) is 7.61. The van der Waals surface area contributed by atoms with Gasteiger partial charge in [-0.05, 0) is 98.2 Å². The highest BCUT2D eigenvalue weighted by Gasteiger charge is 2.53. The number of rotatable bonds is 25. The minimum Gasteiger partial charge on any atom is -0.478 e. The standard InChI is InChI=1S/C51H64N6O12/c1-7-33-30(2)39-27-44-37-11-8-36(49(62)63)48(50(64)65-6)51(37,5)45(57-44)29-40-32(4)35(10-13-47(61)53-15-19-67-23-25-69-21-17-59)43(56-40)28-42-34(31(3)38(55-42)26-41(33)54-39)9-12-46(60)52-14-18-66-22-24-68-20-16-58/h7-8,11,26-29,48,54,56,58-59H,1,9-10,12-25H2,2-6H3,(H,52,60)(H,53,61)(H,62,63). The summed E-state index contributed by atoms with van der Waals surface area (Å²) in [5.74, 6) is -3.58. The van der Waals surface area contributed by atoms with Gasteiger partial charge in [0.25, 0.3) is 0 Å². The lowest BCUT2D eigenvalue weighted by molar-refractivity contribution is -0.148. The van der Waals surface area contributed by atoms with Crippen molar-refractivity contribution in [1.29, 1.82) is 0 Å². The van der Waals surface area contributed by atoms with Crippen LogP contribution in [0, 0.1) is 19.8 Å². The third kappa shape index (κ3) is 12.1. The van der Waals surface area contributed by atoms with Crippen LogP contribution in [-0.2, 0) is 54.7 Å². The van der Waals surface area contributed by atoms with E-state index in [2.05, 4.69) is 27.2 Å². The second-order valence-electron chi connectivity index (χ2n) is 17.0. The average Bonchev–Trinajstić information content (AvgIpc) is 3.99. The van der Waals surface area contributed by atoms with Crippen molar-refractivity contribution in [2.24, 2.45) is 5.92 Å². The second kappa shape index (κ2) is 24.3. The molecule has 18 nitrogen and oxygen atoms in total. The molecule has 1 aliphatic carbocycles. The Bertz CT molecular complexity index is 2680. The largest absolute Gasteiger partial charge is 0.478 e. The first-order valence-electron chi connectivity index (χ1n) is 23.1. The Hall–Kier alpha value is -6.28. The third-order valence-electron chi connectivity index (χ3n) is 12.7. The molecule has 3 aliphatic rings. The quantitative estimate of drug-likeness (QED) is 0.0451. The average molecular weight is 953 g/mol. The van der Waals surface area contributed by atoms with Gasteiger partial charge in [-0.2, -0.15) is 0 Å². The normalized spacial score (nSPS) is 16.4. The zero-order chi connectivity index (χ0) is 49.7. The van der Waals surface area contributed by atoms with E-state index in [-0.39, 0.29) is 69.8 Å². The molecule has 5 heterocycles. The summed E-state index contributed by atoms with van der Waals surface area (Å²) in [4.78, 5) is 70.5. The zero-order valence-corrected chi connectivity index (χ0v) is 40.0. The van der Waals surface area contributed by atoms with Crippen LogP contribution in [0.3, 0.4) is 0 Å². The molecular formula is C51H64N6O12. The number of aromatic nitrogens is 4. The van der Waals surface area contributed by atoms with E-state index in [1.165, 1.54) is 13.2 Å². The molecule has 0 saturated carbocycles. The van der Waals surface area contributed by atoms with Gasteiger partial charge < -0.3 is 59.6 Å². The first-order chi connectivity index (χ1) is 33.3. The molecule has 69 heavy (non-hydrogen) atoms. The minimum absolute atomic E-state index is 0.0635. The molecule has 0 radical (unpaired) electrons. The smallest absolute Gasteiger partial charge is 0.332 e. The number of aliphatic hydroxyl groups is 2. The van der Waals surface area contributed by atoms with Crippen molar-refractivity contribution in [3.63, 3.8) is 0 Å². The summed E-state index contributed by atoms with van der Waals surface area (Å²) < 4.78 is 26.8. The molecule has 0 aromatic carbocycles. The zero-order valence-electron chi connectivity index (χ0n) is 40.0. The monoisotopic (exact) mass is 952 g/mol. The number of carbonyl (C=O) groups is 4. The van der Waals surface area contributed by atoms with Crippen molar-refractivity contribution in [2.45, 2.75) is 58.8 Å². The molecule has 6 rings (SSSR count). The Morgan fingerprint density at radius 3 is 1.88 bits per heavy atom. The number of esters is 1. The van der Waals surface area contributed by atoms with Crippen LogP contribution in [0.25, 0.3) is 44.9 Å². The van der Waals surface area contributed by atoms with Gasteiger partial charge in [0.15, 0.2) is 0 Å². The van der Waals surface area contributed by atoms with E-state index in [1.807, 2.05) is 52.0 Å². The fraction of sp³-hybridized carbons (Fsp3) is 0.451. The van der Waals surface area contributed by atoms with Gasteiger partial charge in [-0.15, -0.1) is 0 Å². The first-order valence-corrected chi connectivity index (χ1v) is 23.1. The molecule has 2 amide bonds. The van der Waals surface area contributed by atoms with Gasteiger partial charge in [-0.3, -0.25) is 19.4 Å². The maximum Gasteiger partial charge on any atom is 0.332 e. The van der Waals surface area contributed by atoms with Crippen LogP contribution in [0.15, 0.2) is 48.6 Å². The number of aromatic amines is 2. The summed E-state index contributed by atoms with van der Waals surface area (Å²) in [5, 5.41) is 34.0. The van der Waals surface area contributed by atoms with E-state index in [1.54, 1.807) is 12.2 Å². The maximum absolute atomic E-state index is 13.8. The molecule has 2 aliphatic heterocycles. The Morgan fingerprint density at radius 1 is 0.725 bits per heavy atom. The SMILES string of the molecule is C=Cc1c(C)c2cc3nc(cc4[nH]c(cc5nc(cc1[nH]2)C(C)=C5CCC(=O)NCCOCCOCCO)c(CCC(=O)NCCOCCOCCO)c4C)C1(C)C3=CC=C(C(=O)O)C1C(=O)OC. The van der Waals surface area contributed by atoms with Crippen LogP contribution in [0.1, 0.15) is 78.1 Å². The molecule has 3 aromatic rings. The lowest BCUT2D eigenvalue weighted by Gasteiger charge is -2.36. The molecule has 0 spiro atoms. The van der Waals surface area contributed by atoms with Crippen molar-refractivity contribution in [3.05, 3.63) is 93.6 Å². The molecule has 2 unspecified atom stereocenters.